The molecule has 0 heterocycles. The number of halogens is 3. The molecule has 0 N–H and O–H groups in total. The van der Waals surface area contributed by atoms with Gasteiger partial charge in [-0.2, -0.15) is 13.2 Å². The van der Waals surface area contributed by atoms with Crippen LogP contribution in [-0.4, -0.2) is 15.1 Å². The molecule has 1 radical (unpaired) electrons. The zero-order valence-corrected chi connectivity index (χ0v) is 10.7. The van der Waals surface area contributed by atoms with Crippen molar-refractivity contribution in [1.29, 1.82) is 0 Å². The van der Waals surface area contributed by atoms with E-state index in [0.29, 0.717) is 0 Å². The first-order valence-electron chi connectivity index (χ1n) is 5.45. The van der Waals surface area contributed by atoms with Gasteiger partial charge >= 0.3 is 15.1 Å². The fraction of sp³-hybridized carbons (Fsp3) is 0.0769. The van der Waals surface area contributed by atoms with Gasteiger partial charge in [0.25, 0.3) is 0 Å². The van der Waals surface area contributed by atoms with Crippen molar-refractivity contribution in [2.75, 3.05) is 0 Å². The molecule has 0 aliphatic carbocycles. The van der Waals surface area contributed by atoms with E-state index in [-0.39, 0.29) is 11.5 Å². The molecule has 6 heteroatoms. The van der Waals surface area contributed by atoms with Gasteiger partial charge in [0, 0.05) is 0 Å². The van der Waals surface area contributed by atoms with E-state index in [1.54, 1.807) is 36.4 Å². The summed E-state index contributed by atoms with van der Waals surface area (Å²) in [5, 5.41) is 0. The van der Waals surface area contributed by atoms with Crippen LogP contribution in [0.3, 0.4) is 0 Å². The highest BCUT2D eigenvalue weighted by molar-refractivity contribution is 6.48. The molecule has 99 valence electrons. The van der Waals surface area contributed by atoms with Crippen molar-refractivity contribution in [1.82, 2.24) is 0 Å². The molecule has 0 aliphatic heterocycles. The Labute approximate surface area is 110 Å². The van der Waals surface area contributed by atoms with E-state index in [9.17, 15) is 13.2 Å². The van der Waals surface area contributed by atoms with Gasteiger partial charge in [-0.1, -0.05) is 36.4 Å². The number of hydrogen-bond acceptors (Lipinski definition) is 2. The number of hydrogen-bond donors (Lipinski definition) is 0. The lowest BCUT2D eigenvalue weighted by atomic mass is 10.3. The molecule has 19 heavy (non-hydrogen) atoms. The van der Waals surface area contributed by atoms with Crippen molar-refractivity contribution in [3.63, 3.8) is 0 Å². The molecule has 0 spiro atoms. The maximum absolute atomic E-state index is 12.9. The van der Waals surface area contributed by atoms with E-state index in [0.717, 1.165) is 0 Å². The zero-order chi connectivity index (χ0) is 13.7. The van der Waals surface area contributed by atoms with Crippen molar-refractivity contribution in [3.8, 4) is 11.5 Å². The van der Waals surface area contributed by atoms with E-state index >= 15 is 0 Å². The predicted molar refractivity (Wildman–Crippen MR) is 65.9 cm³/mol. The van der Waals surface area contributed by atoms with Gasteiger partial charge in [0.2, 0.25) is 0 Å². The van der Waals surface area contributed by atoms with Crippen LogP contribution in [0.15, 0.2) is 60.7 Å². The second kappa shape index (κ2) is 5.79. The second-order valence-electron chi connectivity index (χ2n) is 3.62. The van der Waals surface area contributed by atoms with Crippen LogP contribution >= 0.6 is 0 Å². The van der Waals surface area contributed by atoms with Gasteiger partial charge in [0.05, 0.1) is 0 Å². The average Bonchev–Trinajstić information content (AvgIpc) is 2.39. The van der Waals surface area contributed by atoms with Gasteiger partial charge in [-0.3, -0.25) is 0 Å². The Morgan fingerprint density at radius 3 is 1.37 bits per heavy atom. The Bertz CT molecular complexity index is 461. The van der Waals surface area contributed by atoms with Crippen molar-refractivity contribution < 1.29 is 22.0 Å². The minimum Gasteiger partial charge on any atom is -0.505 e. The van der Waals surface area contributed by atoms with Crippen LogP contribution in [0.5, 0.6) is 11.5 Å². The molecule has 0 aliphatic rings. The normalized spacial score (nSPS) is 11.4. The second-order valence-corrected chi connectivity index (χ2v) is 5.17. The molecule has 2 aromatic rings. The molecule has 2 rings (SSSR count). The lowest BCUT2D eigenvalue weighted by Gasteiger charge is -2.18. The van der Waals surface area contributed by atoms with E-state index < -0.39 is 15.1 Å². The quantitative estimate of drug-likeness (QED) is 0.796. The zero-order valence-electron chi connectivity index (χ0n) is 9.72. The largest absolute Gasteiger partial charge is 0.653 e. The molecule has 0 saturated carbocycles. The predicted octanol–water partition coefficient (Wildman–Crippen LogP) is 3.73. The third-order valence-corrected chi connectivity index (χ3v) is 3.44. The van der Waals surface area contributed by atoms with Gasteiger partial charge in [0.15, 0.2) is 0 Å². The highest BCUT2D eigenvalue weighted by Gasteiger charge is 2.52. The molecule has 0 fully saturated rings. The van der Waals surface area contributed by atoms with Crippen molar-refractivity contribution in [3.05, 3.63) is 60.7 Å². The smallest absolute Gasteiger partial charge is 0.505 e. The van der Waals surface area contributed by atoms with Gasteiger partial charge in [-0.25, -0.2) is 0 Å². The monoisotopic (exact) mass is 283 g/mol. The van der Waals surface area contributed by atoms with Crippen molar-refractivity contribution in [2.24, 2.45) is 0 Å². The molecule has 0 unspecified atom stereocenters. The first kappa shape index (κ1) is 13.5. The summed E-state index contributed by atoms with van der Waals surface area (Å²) in [5.41, 5.74) is 0. The van der Waals surface area contributed by atoms with E-state index in [2.05, 4.69) is 0 Å². The van der Waals surface area contributed by atoms with E-state index in [4.69, 9.17) is 8.85 Å². The maximum atomic E-state index is 12.9. The Balaban J connectivity index is 2.13. The summed E-state index contributed by atoms with van der Waals surface area (Å²) in [7, 11) is -3.46. The van der Waals surface area contributed by atoms with Gasteiger partial charge in [0.1, 0.15) is 11.5 Å². The van der Waals surface area contributed by atoms with Gasteiger partial charge in [-0.15, -0.1) is 0 Å². The van der Waals surface area contributed by atoms with E-state index in [1.165, 1.54) is 24.3 Å². The van der Waals surface area contributed by atoms with Crippen molar-refractivity contribution in [2.45, 2.75) is 5.80 Å². The lowest BCUT2D eigenvalue weighted by molar-refractivity contribution is -0.0722. The van der Waals surface area contributed by atoms with E-state index in [1.807, 2.05) is 0 Å². The van der Waals surface area contributed by atoms with Crippen LogP contribution < -0.4 is 8.85 Å². The summed E-state index contributed by atoms with van der Waals surface area (Å²) >= 11 is 0. The molecule has 0 atom stereocenters. The third kappa shape index (κ3) is 4.03. The maximum Gasteiger partial charge on any atom is 0.653 e. The first-order valence-corrected chi connectivity index (χ1v) is 6.77. The Kier molecular flexibility index (Phi) is 4.11. The molecule has 2 aromatic carbocycles. The molecular formula is C13H10F3O2Si. The number of rotatable bonds is 4. The van der Waals surface area contributed by atoms with Crippen LogP contribution in [0, 0.1) is 0 Å². The number of para-hydroxylation sites is 2. The first-order chi connectivity index (χ1) is 9.05. The Morgan fingerprint density at radius 2 is 1.05 bits per heavy atom. The highest BCUT2D eigenvalue weighted by Crippen LogP contribution is 2.24. The van der Waals surface area contributed by atoms with Crippen molar-refractivity contribution >= 4 is 9.28 Å². The molecular weight excluding hydrogens is 273 g/mol. The third-order valence-electron chi connectivity index (χ3n) is 2.14. The minimum absolute atomic E-state index is 0.143. The van der Waals surface area contributed by atoms with Crippen LogP contribution in [0.2, 0.25) is 0 Å². The lowest BCUT2D eigenvalue weighted by Crippen LogP contribution is -2.45. The summed E-state index contributed by atoms with van der Waals surface area (Å²) in [6, 6.07) is 15.7. The molecule has 0 aromatic heterocycles. The summed E-state index contributed by atoms with van der Waals surface area (Å²) in [6.07, 6.45) is 0. The Morgan fingerprint density at radius 1 is 0.684 bits per heavy atom. The summed E-state index contributed by atoms with van der Waals surface area (Å²) in [6.45, 7) is 0. The summed E-state index contributed by atoms with van der Waals surface area (Å²) < 4.78 is 48.5. The summed E-state index contributed by atoms with van der Waals surface area (Å²) in [5.74, 6) is -4.23. The standard InChI is InChI=1S/C13H10F3O2Si/c14-13(15,16)19(17-11-7-3-1-4-8-11)18-12-9-5-2-6-10-12/h1-10H. The minimum atomic E-state index is -4.52. The topological polar surface area (TPSA) is 18.5 Å². The molecule has 0 amide bonds. The summed E-state index contributed by atoms with van der Waals surface area (Å²) in [4.78, 5) is 0. The highest BCUT2D eigenvalue weighted by atomic mass is 28.3. The van der Waals surface area contributed by atoms with Gasteiger partial charge < -0.3 is 8.85 Å². The van der Waals surface area contributed by atoms with Crippen LogP contribution in [0.25, 0.3) is 0 Å². The SMILES string of the molecule is FC(F)(F)[Si](Oc1ccccc1)Oc1ccccc1. The number of alkyl halides is 3. The fourth-order valence-electron chi connectivity index (χ4n) is 1.33. The fourth-order valence-corrected chi connectivity index (χ4v) is 2.30. The Hall–Kier alpha value is -1.95. The van der Waals surface area contributed by atoms with Crippen LogP contribution in [0.4, 0.5) is 13.2 Å². The van der Waals surface area contributed by atoms with Crippen LogP contribution in [0.1, 0.15) is 0 Å². The molecule has 0 bridgehead atoms. The van der Waals surface area contributed by atoms with Gasteiger partial charge in [-0.05, 0) is 24.3 Å². The molecule has 2 nitrogen and oxygen atoms in total. The average molecular weight is 283 g/mol. The molecule has 0 saturated heterocycles. The number of benzene rings is 2. The van der Waals surface area contributed by atoms with Crippen LogP contribution in [-0.2, 0) is 0 Å².